The second kappa shape index (κ2) is 4.32. The molecule has 14 heavy (non-hydrogen) atoms. The lowest BCUT2D eigenvalue weighted by Gasteiger charge is -2.01. The van der Waals surface area contributed by atoms with Crippen molar-refractivity contribution >= 4 is 16.1 Å². The van der Waals surface area contributed by atoms with E-state index in [0.717, 1.165) is 6.07 Å². The maximum Gasteiger partial charge on any atom is 0.178 e. The van der Waals surface area contributed by atoms with Crippen molar-refractivity contribution in [1.29, 1.82) is 0 Å². The van der Waals surface area contributed by atoms with Crippen LogP contribution < -0.4 is 0 Å². The average molecular weight is 216 g/mol. The van der Waals surface area contributed by atoms with E-state index in [-0.39, 0.29) is 17.1 Å². The summed E-state index contributed by atoms with van der Waals surface area (Å²) in [5, 5.41) is 0. The van der Waals surface area contributed by atoms with Gasteiger partial charge < -0.3 is 4.79 Å². The first-order valence-electron chi connectivity index (χ1n) is 3.98. The Bertz CT molecular complexity index is 425. The topological polar surface area (TPSA) is 51.2 Å². The normalized spacial score (nSPS) is 11.2. The van der Waals surface area contributed by atoms with E-state index in [1.807, 2.05) is 0 Å². The van der Waals surface area contributed by atoms with Crippen LogP contribution in [0.1, 0.15) is 6.42 Å². The molecule has 0 saturated carbocycles. The molecule has 76 valence electrons. The molecule has 1 rings (SSSR count). The van der Waals surface area contributed by atoms with Crippen molar-refractivity contribution < 1.29 is 17.6 Å². The molecule has 0 fully saturated rings. The van der Waals surface area contributed by atoms with Crippen molar-refractivity contribution in [2.75, 3.05) is 5.75 Å². The SMILES string of the molecule is O=CCCS(=O)(=O)c1cccc(F)c1. The molecular formula is C9H9FO3S. The van der Waals surface area contributed by atoms with E-state index in [0.29, 0.717) is 6.29 Å². The fourth-order valence-electron chi connectivity index (χ4n) is 0.982. The molecule has 0 spiro atoms. The Kier molecular flexibility index (Phi) is 3.35. The largest absolute Gasteiger partial charge is 0.303 e. The summed E-state index contributed by atoms with van der Waals surface area (Å²) in [6.07, 6.45) is 0.454. The summed E-state index contributed by atoms with van der Waals surface area (Å²) in [6.45, 7) is 0. The fourth-order valence-corrected chi connectivity index (χ4v) is 2.20. The van der Waals surface area contributed by atoms with Crippen LogP contribution in [-0.4, -0.2) is 20.5 Å². The minimum absolute atomic E-state index is 0.0706. The van der Waals surface area contributed by atoms with E-state index in [1.54, 1.807) is 0 Å². The van der Waals surface area contributed by atoms with Gasteiger partial charge in [-0.05, 0) is 18.2 Å². The number of rotatable bonds is 4. The van der Waals surface area contributed by atoms with Crippen LogP contribution in [0.3, 0.4) is 0 Å². The maximum atomic E-state index is 12.7. The van der Waals surface area contributed by atoms with Gasteiger partial charge in [0.2, 0.25) is 0 Å². The molecule has 5 heteroatoms. The first kappa shape index (κ1) is 10.8. The molecule has 0 amide bonds. The van der Waals surface area contributed by atoms with Crippen molar-refractivity contribution in [3.8, 4) is 0 Å². The number of hydrogen-bond acceptors (Lipinski definition) is 3. The average Bonchev–Trinajstić information content (AvgIpc) is 2.15. The monoisotopic (exact) mass is 216 g/mol. The number of benzene rings is 1. The summed E-state index contributed by atoms with van der Waals surface area (Å²) < 4.78 is 35.5. The van der Waals surface area contributed by atoms with Crippen LogP contribution in [0.5, 0.6) is 0 Å². The first-order valence-corrected chi connectivity index (χ1v) is 5.63. The lowest BCUT2D eigenvalue weighted by Crippen LogP contribution is -2.07. The zero-order valence-corrected chi connectivity index (χ0v) is 8.13. The van der Waals surface area contributed by atoms with Crippen LogP contribution in [0.4, 0.5) is 4.39 Å². The molecule has 0 bridgehead atoms. The molecular weight excluding hydrogens is 207 g/mol. The van der Waals surface area contributed by atoms with Gasteiger partial charge in [0.15, 0.2) is 9.84 Å². The van der Waals surface area contributed by atoms with Crippen LogP contribution in [0.25, 0.3) is 0 Å². The molecule has 0 aliphatic heterocycles. The van der Waals surface area contributed by atoms with Gasteiger partial charge in [0.1, 0.15) is 12.1 Å². The molecule has 0 aliphatic carbocycles. The first-order chi connectivity index (χ1) is 6.56. The van der Waals surface area contributed by atoms with Gasteiger partial charge in [0, 0.05) is 6.42 Å². The number of carbonyl (C=O) groups excluding carboxylic acids is 1. The third kappa shape index (κ3) is 2.63. The summed E-state index contributed by atoms with van der Waals surface area (Å²) in [5.74, 6) is -0.878. The molecule has 1 aromatic rings. The fraction of sp³-hybridized carbons (Fsp3) is 0.222. The number of aldehydes is 1. The summed E-state index contributed by atoms with van der Waals surface area (Å²) in [7, 11) is -3.52. The van der Waals surface area contributed by atoms with Crippen LogP contribution in [0, 0.1) is 5.82 Å². The zero-order valence-electron chi connectivity index (χ0n) is 7.31. The van der Waals surface area contributed by atoms with Gasteiger partial charge in [-0.1, -0.05) is 6.07 Å². The number of sulfone groups is 1. The highest BCUT2D eigenvalue weighted by atomic mass is 32.2. The third-order valence-electron chi connectivity index (χ3n) is 1.66. The van der Waals surface area contributed by atoms with Gasteiger partial charge in [0.25, 0.3) is 0 Å². The van der Waals surface area contributed by atoms with Gasteiger partial charge in [-0.15, -0.1) is 0 Å². The Morgan fingerprint density at radius 2 is 2.07 bits per heavy atom. The molecule has 1 aromatic carbocycles. The predicted molar refractivity (Wildman–Crippen MR) is 49.1 cm³/mol. The van der Waals surface area contributed by atoms with Crippen LogP contribution in [0.2, 0.25) is 0 Å². The highest BCUT2D eigenvalue weighted by molar-refractivity contribution is 7.91. The van der Waals surface area contributed by atoms with E-state index in [1.165, 1.54) is 18.2 Å². The molecule has 0 aromatic heterocycles. The summed E-state index contributed by atoms with van der Waals surface area (Å²) in [6, 6.07) is 4.74. The molecule has 0 N–H and O–H groups in total. The third-order valence-corrected chi connectivity index (χ3v) is 3.40. The van der Waals surface area contributed by atoms with E-state index >= 15 is 0 Å². The lowest BCUT2D eigenvalue weighted by atomic mass is 10.4. The molecule has 0 radical (unpaired) electrons. The number of carbonyl (C=O) groups is 1. The Balaban J connectivity index is 2.98. The van der Waals surface area contributed by atoms with Crippen LogP contribution in [0.15, 0.2) is 29.2 Å². The van der Waals surface area contributed by atoms with Gasteiger partial charge >= 0.3 is 0 Å². The van der Waals surface area contributed by atoms with Gasteiger partial charge in [-0.25, -0.2) is 12.8 Å². The Hall–Kier alpha value is -1.23. The molecule has 0 atom stereocenters. The van der Waals surface area contributed by atoms with Gasteiger partial charge in [0.05, 0.1) is 10.6 Å². The van der Waals surface area contributed by atoms with Crippen molar-refractivity contribution in [1.82, 2.24) is 0 Å². The van der Waals surface area contributed by atoms with Gasteiger partial charge in [-0.2, -0.15) is 0 Å². The standard InChI is InChI=1S/C9H9FO3S/c10-8-3-1-4-9(7-8)14(12,13)6-2-5-11/h1,3-5,7H,2,6H2. The minimum atomic E-state index is -3.52. The Morgan fingerprint density at radius 1 is 1.36 bits per heavy atom. The van der Waals surface area contributed by atoms with Gasteiger partial charge in [-0.3, -0.25) is 0 Å². The number of halogens is 1. The van der Waals surface area contributed by atoms with Crippen molar-refractivity contribution in [3.63, 3.8) is 0 Å². The highest BCUT2D eigenvalue weighted by Gasteiger charge is 2.13. The van der Waals surface area contributed by atoms with E-state index in [9.17, 15) is 17.6 Å². The molecule has 0 aliphatic rings. The smallest absolute Gasteiger partial charge is 0.178 e. The van der Waals surface area contributed by atoms with E-state index in [2.05, 4.69) is 0 Å². The quantitative estimate of drug-likeness (QED) is 0.710. The second-order valence-electron chi connectivity index (χ2n) is 2.73. The van der Waals surface area contributed by atoms with Crippen molar-refractivity contribution in [2.24, 2.45) is 0 Å². The summed E-state index contributed by atoms with van der Waals surface area (Å²) in [4.78, 5) is 9.93. The summed E-state index contributed by atoms with van der Waals surface area (Å²) in [5.41, 5.74) is 0. The second-order valence-corrected chi connectivity index (χ2v) is 4.84. The Morgan fingerprint density at radius 3 is 2.64 bits per heavy atom. The lowest BCUT2D eigenvalue weighted by molar-refractivity contribution is -0.107. The predicted octanol–water partition coefficient (Wildman–Crippen LogP) is 1.19. The van der Waals surface area contributed by atoms with Crippen LogP contribution in [-0.2, 0) is 14.6 Å². The van der Waals surface area contributed by atoms with Crippen LogP contribution >= 0.6 is 0 Å². The minimum Gasteiger partial charge on any atom is -0.303 e. The van der Waals surface area contributed by atoms with E-state index < -0.39 is 15.7 Å². The summed E-state index contributed by atoms with van der Waals surface area (Å²) >= 11 is 0. The van der Waals surface area contributed by atoms with Crippen molar-refractivity contribution in [3.05, 3.63) is 30.1 Å². The zero-order chi connectivity index (χ0) is 10.6. The Labute approximate surface area is 81.5 Å². The van der Waals surface area contributed by atoms with E-state index in [4.69, 9.17) is 0 Å². The molecule has 0 saturated heterocycles. The molecule has 0 unspecified atom stereocenters. The maximum absolute atomic E-state index is 12.7. The molecule has 0 heterocycles. The number of hydrogen-bond donors (Lipinski definition) is 0. The van der Waals surface area contributed by atoms with Crippen molar-refractivity contribution in [2.45, 2.75) is 11.3 Å². The highest BCUT2D eigenvalue weighted by Crippen LogP contribution is 2.12. The molecule has 3 nitrogen and oxygen atoms in total.